The zero-order valence-electron chi connectivity index (χ0n) is 50.0. The van der Waals surface area contributed by atoms with Gasteiger partial charge in [0.1, 0.15) is 40.9 Å². The van der Waals surface area contributed by atoms with E-state index in [4.69, 9.17) is 44.3 Å². The standard InChI is InChI=1S/C21H19N5O6.C9H12O.C8H7BrO2.C8H7BrO.C7H5BrO2.C7H7BrO.CH2O3.2K.H/c1-3-31-15-8-11(12-5-7-14(27)16(9-12)32-10(2)21(29)30)4-6-13(15)18-22-19-17(20(28)23-18)24-26-25-19;1-3-8-4-6-9(10-2)7-5-8;1-6-2-3-7(9)4-8(6)11-5-10;1-6-2-3-8(9)4-7(6)5-10;8-6-1-2-7(10)5(3-6)4-9;1-5-2-3-6(8)4-7(5)9;2-1-4-3;;;/h4-10,27H,3H2,1-2H3,(H,29,30)(H2,22,23,24,25,26,28);4-7H,3H2,1-2H3;2-5H,1H3;2-5H,1H3;1-4,10H;2-4,9H,1H3;1,3H;;;/q;;;;;;;2*+1;-1/p-1. The second-order valence-electron chi connectivity index (χ2n) is 17.2. The number of benzene rings is 7. The molecule has 0 saturated heterocycles. The number of hydrogen-bond acceptors (Lipinski definition) is 18. The summed E-state index contributed by atoms with van der Waals surface area (Å²) in [6, 6.07) is 39.3. The van der Waals surface area contributed by atoms with Gasteiger partial charge >= 0.3 is 109 Å². The molecule has 0 amide bonds. The van der Waals surface area contributed by atoms with E-state index in [0.717, 1.165) is 64.2 Å². The van der Waals surface area contributed by atoms with Gasteiger partial charge in [0.25, 0.3) is 18.5 Å². The minimum Gasteiger partial charge on any atom is -1.00 e. The van der Waals surface area contributed by atoms with Crippen LogP contribution in [0.4, 0.5) is 0 Å². The molecule has 1 atom stereocenters. The van der Waals surface area contributed by atoms with E-state index in [9.17, 15) is 29.1 Å². The number of nitrogens with one attached hydrogen (secondary N) is 2. The molecular weight excluding hydrogens is 1460 g/mol. The van der Waals surface area contributed by atoms with Crippen molar-refractivity contribution in [3.05, 3.63) is 195 Å². The Hall–Kier alpha value is -5.48. The molecule has 2 aromatic heterocycles. The predicted octanol–water partition coefficient (Wildman–Crippen LogP) is 6.44. The summed E-state index contributed by atoms with van der Waals surface area (Å²) in [5, 5.41) is 55.6. The zero-order valence-corrected chi connectivity index (χ0v) is 61.6. The molecule has 0 spiro atoms. The Morgan fingerprint density at radius 1 is 0.648 bits per heavy atom. The molecule has 0 bridgehead atoms. The number of H-pyrrole nitrogens is 2. The number of aryl methyl sites for hydroxylation is 4. The molecule has 9 aromatic rings. The Bertz CT molecular complexity index is 3680. The van der Waals surface area contributed by atoms with Crippen LogP contribution in [-0.4, -0.2) is 97.1 Å². The minimum atomic E-state index is -1.15. The quantitative estimate of drug-likeness (QED) is 0.0295. The third-order valence-corrected chi connectivity index (χ3v) is 13.2. The molecule has 1 unspecified atom stereocenters. The topological polar surface area (TPSA) is 323 Å². The number of ether oxygens (including phenoxy) is 4. The predicted molar refractivity (Wildman–Crippen MR) is 336 cm³/mol. The van der Waals surface area contributed by atoms with Crippen molar-refractivity contribution in [3.63, 3.8) is 0 Å². The number of nitrogens with zero attached hydrogens (tertiary/aromatic N) is 3. The molecule has 2 heterocycles. The summed E-state index contributed by atoms with van der Waals surface area (Å²) in [5.74, 6) is 1.33. The summed E-state index contributed by atoms with van der Waals surface area (Å²) < 4.78 is 24.4. The molecule has 454 valence electrons. The van der Waals surface area contributed by atoms with Crippen LogP contribution in [-0.2, 0) is 25.7 Å². The fourth-order valence-corrected chi connectivity index (χ4v) is 8.09. The fourth-order valence-electron chi connectivity index (χ4n) is 6.64. The third kappa shape index (κ3) is 27.7. The van der Waals surface area contributed by atoms with Gasteiger partial charge in [-0.05, 0) is 165 Å². The second kappa shape index (κ2) is 43.3. The Morgan fingerprint density at radius 3 is 1.69 bits per heavy atom. The van der Waals surface area contributed by atoms with Crippen molar-refractivity contribution in [3.8, 4) is 62.8 Å². The van der Waals surface area contributed by atoms with Crippen LogP contribution in [0.2, 0.25) is 0 Å². The number of carboxylic acid groups (broad SMARTS) is 1. The largest absolute Gasteiger partial charge is 1.00 e. The first-order valence-corrected chi connectivity index (χ1v) is 28.4. The van der Waals surface area contributed by atoms with Gasteiger partial charge in [0, 0.05) is 23.5 Å². The van der Waals surface area contributed by atoms with Gasteiger partial charge in [0.2, 0.25) is 5.65 Å². The SMILES string of the molecule is CCOc1cc(-c2ccc(O)c(OC(C)C(=O)O)c2)ccc1-c1nc2n[nH]nc2c(=O)[nH]1.CCc1ccc(OC)cc1.Cc1ccc(Br)cc1C=O.Cc1ccc(Br)cc1O.Cc1ccc(Br)cc1OC=O.O=CO[O-].O=Cc1cc(Br)ccc1O.[H-].[K+].[K+]. The number of aromatic hydroxyl groups is 3. The minimum absolute atomic E-state index is 0. The van der Waals surface area contributed by atoms with Crippen molar-refractivity contribution < 1.29 is 178 Å². The van der Waals surface area contributed by atoms with Gasteiger partial charge in [-0.15, -0.1) is 10.2 Å². The summed E-state index contributed by atoms with van der Waals surface area (Å²) in [6.45, 7) is 11.6. The van der Waals surface area contributed by atoms with Crippen LogP contribution in [0.1, 0.15) is 65.2 Å². The van der Waals surface area contributed by atoms with Crippen LogP contribution in [0, 0.1) is 20.8 Å². The number of aromatic amines is 2. The molecule has 0 radical (unpaired) electrons. The molecule has 0 aliphatic carbocycles. The summed E-state index contributed by atoms with van der Waals surface area (Å²) in [4.78, 5) is 72.2. The number of fused-ring (bicyclic) bond motifs is 1. The number of rotatable bonds is 14. The van der Waals surface area contributed by atoms with Gasteiger partial charge in [0.15, 0.2) is 29.4 Å². The molecule has 27 heteroatoms. The molecule has 0 aliphatic rings. The summed E-state index contributed by atoms with van der Waals surface area (Å²) in [6.07, 6.45) is 1.43. The van der Waals surface area contributed by atoms with Crippen LogP contribution in [0.5, 0.6) is 40.2 Å². The maximum Gasteiger partial charge on any atom is 1.00 e. The maximum absolute atomic E-state index is 12.3. The maximum atomic E-state index is 12.3. The number of halogens is 4. The van der Waals surface area contributed by atoms with E-state index in [1.807, 2.05) is 82.3 Å². The molecule has 6 N–H and O–H groups in total. The number of carboxylic acids is 1. The van der Waals surface area contributed by atoms with E-state index < -0.39 is 17.6 Å². The molecule has 0 fully saturated rings. The normalized spacial score (nSPS) is 9.91. The first-order valence-electron chi connectivity index (χ1n) is 25.2. The zero-order chi connectivity index (χ0) is 63.9. The average molecular weight is 1520 g/mol. The Morgan fingerprint density at radius 2 is 1.18 bits per heavy atom. The van der Waals surface area contributed by atoms with E-state index in [1.54, 1.807) is 61.7 Å². The van der Waals surface area contributed by atoms with Crippen LogP contribution in [0.3, 0.4) is 0 Å². The van der Waals surface area contributed by atoms with Crippen molar-refractivity contribution in [2.24, 2.45) is 0 Å². The average Bonchev–Trinajstić information content (AvgIpc) is 3.54. The smallest absolute Gasteiger partial charge is 1.00 e. The number of hydrogen-bond donors (Lipinski definition) is 6. The van der Waals surface area contributed by atoms with Gasteiger partial charge in [0.05, 0.1) is 24.8 Å². The number of methoxy groups -OCH3 is 1. The van der Waals surface area contributed by atoms with Crippen LogP contribution < -0.4 is 133 Å². The van der Waals surface area contributed by atoms with Gasteiger partial charge < -0.3 is 55.9 Å². The first-order chi connectivity index (χ1) is 41.1. The third-order valence-electron chi connectivity index (χ3n) is 11.3. The van der Waals surface area contributed by atoms with E-state index in [-0.39, 0.29) is 145 Å². The van der Waals surface area contributed by atoms with E-state index >= 15 is 0 Å². The van der Waals surface area contributed by atoms with Crippen molar-refractivity contribution in [1.82, 2.24) is 25.4 Å². The second-order valence-corrected chi connectivity index (χ2v) is 20.9. The number of carbonyl (C=O) groups excluding carboxylic acids is 4. The molecule has 7 aromatic carbocycles. The number of aromatic nitrogens is 5. The number of aliphatic carboxylic acids is 1. The molecule has 88 heavy (non-hydrogen) atoms. The van der Waals surface area contributed by atoms with Crippen molar-refractivity contribution in [2.75, 3.05) is 13.7 Å². The van der Waals surface area contributed by atoms with Gasteiger partial charge in [-0.2, -0.15) is 5.21 Å². The van der Waals surface area contributed by atoms with Crippen molar-refractivity contribution in [1.29, 1.82) is 0 Å². The summed E-state index contributed by atoms with van der Waals surface area (Å²) in [7, 11) is 1.68. The Kier molecular flexibility index (Phi) is 39.6. The number of phenolic OH excluding ortho intramolecular Hbond substituents is 3. The van der Waals surface area contributed by atoms with Crippen LogP contribution in [0.25, 0.3) is 33.7 Å². The van der Waals surface area contributed by atoms with E-state index in [1.165, 1.54) is 24.6 Å². The Labute approximate surface area is 626 Å². The van der Waals surface area contributed by atoms with Crippen molar-refractivity contribution in [2.45, 2.75) is 54.1 Å². The number of carbonyl (C=O) groups is 5. The Balaban J connectivity index is 0.00000113. The molecule has 0 aliphatic heterocycles. The fraction of sp³-hybridized carbons (Fsp3) is 0.164. The molecular formula is C61H59Br4K2N5O16. The number of phenols is 3. The molecule has 21 nitrogen and oxygen atoms in total. The van der Waals surface area contributed by atoms with Gasteiger partial charge in [-0.25, -0.2) is 9.78 Å². The first kappa shape index (κ1) is 80.5. The summed E-state index contributed by atoms with van der Waals surface area (Å²) in [5.41, 5.74) is 7.04. The van der Waals surface area contributed by atoms with Crippen molar-refractivity contribution >= 4 is 106 Å². The van der Waals surface area contributed by atoms with E-state index in [2.05, 4.69) is 113 Å². The van der Waals surface area contributed by atoms with Gasteiger partial charge in [-0.3, -0.25) is 24.0 Å². The van der Waals surface area contributed by atoms with Crippen LogP contribution in [0.15, 0.2) is 156 Å². The van der Waals surface area contributed by atoms with Gasteiger partial charge in [-0.1, -0.05) is 113 Å². The van der Waals surface area contributed by atoms with E-state index in [0.29, 0.717) is 53.3 Å². The molecule has 9 rings (SSSR count). The van der Waals surface area contributed by atoms with Crippen LogP contribution >= 0.6 is 63.7 Å². The monoisotopic (exact) mass is 1510 g/mol. The molecule has 0 saturated carbocycles. The number of aldehydes is 2. The summed E-state index contributed by atoms with van der Waals surface area (Å²) >= 11 is 13.0.